The van der Waals surface area contributed by atoms with Gasteiger partial charge in [0, 0.05) is 5.56 Å². The first-order chi connectivity index (χ1) is 16.5. The molecular weight excluding hydrogens is 433 g/mol. The van der Waals surface area contributed by atoms with Crippen LogP contribution in [0.3, 0.4) is 0 Å². The van der Waals surface area contributed by atoms with Gasteiger partial charge < -0.3 is 4.74 Å². The van der Waals surface area contributed by atoms with Crippen LogP contribution in [0.4, 0.5) is 13.2 Å². The fourth-order valence-electron chi connectivity index (χ4n) is 6.01. The lowest BCUT2D eigenvalue weighted by molar-refractivity contribution is 0.114. The van der Waals surface area contributed by atoms with Gasteiger partial charge in [0.15, 0.2) is 11.6 Å². The van der Waals surface area contributed by atoms with E-state index in [9.17, 15) is 8.78 Å². The SMILES string of the molecule is C=CCCC1CCC2CC(c3ccc(-c4ccc(OC/C=C/C)c(F)c4F)cc3F)CCC2C1. The predicted molar refractivity (Wildman–Crippen MR) is 132 cm³/mol. The zero-order chi connectivity index (χ0) is 24.1. The first kappa shape index (κ1) is 24.6. The van der Waals surface area contributed by atoms with Gasteiger partial charge in [-0.05, 0) is 105 Å². The summed E-state index contributed by atoms with van der Waals surface area (Å²) in [6, 6.07) is 7.70. The Hall–Kier alpha value is -2.49. The van der Waals surface area contributed by atoms with Gasteiger partial charge in [-0.25, -0.2) is 8.78 Å². The van der Waals surface area contributed by atoms with Crippen LogP contribution >= 0.6 is 0 Å². The van der Waals surface area contributed by atoms with Crippen molar-refractivity contribution < 1.29 is 17.9 Å². The number of rotatable bonds is 8. The molecule has 4 atom stereocenters. The number of benzene rings is 2. The summed E-state index contributed by atoms with van der Waals surface area (Å²) in [6.07, 6.45) is 14.8. The highest BCUT2D eigenvalue weighted by Gasteiger charge is 2.36. The summed E-state index contributed by atoms with van der Waals surface area (Å²) in [4.78, 5) is 0. The van der Waals surface area contributed by atoms with Gasteiger partial charge in [0.05, 0.1) is 0 Å². The number of hydrogen-bond acceptors (Lipinski definition) is 1. The second-order valence-electron chi connectivity index (χ2n) is 9.93. The summed E-state index contributed by atoms with van der Waals surface area (Å²) in [5.74, 6) is -0.105. The van der Waals surface area contributed by atoms with Crippen LogP contribution < -0.4 is 4.74 Å². The minimum atomic E-state index is -1.05. The van der Waals surface area contributed by atoms with Crippen LogP contribution in [-0.2, 0) is 0 Å². The molecule has 4 heteroatoms. The average molecular weight is 469 g/mol. The average Bonchev–Trinajstić information content (AvgIpc) is 2.85. The lowest BCUT2D eigenvalue weighted by Gasteiger charge is -2.42. The van der Waals surface area contributed by atoms with E-state index >= 15 is 4.39 Å². The quantitative estimate of drug-likeness (QED) is 0.351. The molecule has 0 aliphatic heterocycles. The number of ether oxygens (including phenoxy) is 1. The van der Waals surface area contributed by atoms with E-state index in [0.717, 1.165) is 37.5 Å². The molecule has 0 spiro atoms. The van der Waals surface area contributed by atoms with Crippen molar-refractivity contribution in [3.63, 3.8) is 0 Å². The molecule has 2 aromatic rings. The fourth-order valence-corrected chi connectivity index (χ4v) is 6.01. The third kappa shape index (κ3) is 5.42. The van der Waals surface area contributed by atoms with Crippen molar-refractivity contribution in [2.75, 3.05) is 6.61 Å². The largest absolute Gasteiger partial charge is 0.486 e. The summed E-state index contributed by atoms with van der Waals surface area (Å²) >= 11 is 0. The van der Waals surface area contributed by atoms with Gasteiger partial charge in [0.1, 0.15) is 12.4 Å². The van der Waals surface area contributed by atoms with Gasteiger partial charge in [0.2, 0.25) is 5.82 Å². The third-order valence-corrected chi connectivity index (χ3v) is 7.87. The van der Waals surface area contributed by atoms with E-state index in [0.29, 0.717) is 17.0 Å². The molecule has 4 rings (SSSR count). The van der Waals surface area contributed by atoms with Gasteiger partial charge in [-0.15, -0.1) is 6.58 Å². The van der Waals surface area contributed by atoms with Crippen molar-refractivity contribution in [2.24, 2.45) is 17.8 Å². The molecule has 2 aliphatic rings. The second-order valence-corrected chi connectivity index (χ2v) is 9.93. The Morgan fingerprint density at radius 1 is 0.971 bits per heavy atom. The van der Waals surface area contributed by atoms with E-state index in [1.54, 1.807) is 24.3 Å². The van der Waals surface area contributed by atoms with Gasteiger partial charge >= 0.3 is 0 Å². The Bertz CT molecular complexity index is 1030. The molecule has 0 saturated heterocycles. The number of hydrogen-bond donors (Lipinski definition) is 0. The highest BCUT2D eigenvalue weighted by atomic mass is 19.2. The van der Waals surface area contributed by atoms with Crippen molar-refractivity contribution in [1.82, 2.24) is 0 Å². The maximum absolute atomic E-state index is 15.2. The number of allylic oxidation sites excluding steroid dienone is 2. The van der Waals surface area contributed by atoms with Crippen molar-refractivity contribution in [3.8, 4) is 16.9 Å². The van der Waals surface area contributed by atoms with E-state index in [1.165, 1.54) is 43.9 Å². The molecule has 0 heterocycles. The van der Waals surface area contributed by atoms with Crippen LogP contribution in [-0.4, -0.2) is 6.61 Å². The van der Waals surface area contributed by atoms with Gasteiger partial charge in [-0.2, -0.15) is 4.39 Å². The Balaban J connectivity index is 1.45. The molecule has 0 radical (unpaired) electrons. The molecule has 1 nitrogen and oxygen atoms in total. The van der Waals surface area contributed by atoms with Crippen LogP contribution in [0.15, 0.2) is 55.1 Å². The van der Waals surface area contributed by atoms with Crippen molar-refractivity contribution in [2.45, 2.75) is 64.2 Å². The molecule has 2 fully saturated rings. The first-order valence-corrected chi connectivity index (χ1v) is 12.6. The minimum absolute atomic E-state index is 0.0443. The van der Waals surface area contributed by atoms with Crippen LogP contribution in [0.25, 0.3) is 11.1 Å². The van der Waals surface area contributed by atoms with E-state index in [2.05, 4.69) is 6.58 Å². The van der Waals surface area contributed by atoms with Gasteiger partial charge in [0.25, 0.3) is 0 Å². The molecule has 0 N–H and O–H groups in total. The van der Waals surface area contributed by atoms with Gasteiger partial charge in [-0.3, -0.25) is 0 Å². The van der Waals surface area contributed by atoms with Gasteiger partial charge in [-0.1, -0.05) is 36.8 Å². The lowest BCUT2D eigenvalue weighted by Crippen LogP contribution is -2.30. The first-order valence-electron chi connectivity index (χ1n) is 12.6. The normalized spacial score (nSPS) is 24.7. The Labute approximate surface area is 201 Å². The van der Waals surface area contributed by atoms with Crippen LogP contribution in [0.1, 0.15) is 69.8 Å². The van der Waals surface area contributed by atoms with Crippen LogP contribution in [0.5, 0.6) is 5.75 Å². The highest BCUT2D eigenvalue weighted by Crippen LogP contribution is 2.49. The monoisotopic (exact) mass is 468 g/mol. The summed E-state index contributed by atoms with van der Waals surface area (Å²) in [5, 5.41) is 0. The highest BCUT2D eigenvalue weighted by molar-refractivity contribution is 5.66. The molecule has 0 bridgehead atoms. The minimum Gasteiger partial charge on any atom is -0.486 e. The van der Waals surface area contributed by atoms with E-state index < -0.39 is 11.6 Å². The summed E-state index contributed by atoms with van der Waals surface area (Å²) in [5.41, 5.74) is 1.10. The fraction of sp³-hybridized carbons (Fsp3) is 0.467. The molecule has 0 amide bonds. The molecule has 4 unspecified atom stereocenters. The van der Waals surface area contributed by atoms with Crippen molar-refractivity contribution in [3.05, 3.63) is 78.2 Å². The van der Waals surface area contributed by atoms with Crippen LogP contribution in [0.2, 0.25) is 0 Å². The van der Waals surface area contributed by atoms with E-state index in [4.69, 9.17) is 4.74 Å². The number of halogens is 3. The predicted octanol–water partition coefficient (Wildman–Crippen LogP) is 8.99. The van der Waals surface area contributed by atoms with E-state index in [-0.39, 0.29) is 29.7 Å². The standard InChI is InChI=1S/C30H35F3O/c1-3-5-7-20-8-9-22-18-23(11-10-21(22)17-20)25-13-12-24(19-27(25)31)26-14-15-28(30(33)29(26)32)34-16-6-4-2/h3-4,6,12-15,19-23H,1,5,7-11,16-18H2,2H3/b6-4+. The topological polar surface area (TPSA) is 9.23 Å². The maximum atomic E-state index is 15.2. The Morgan fingerprint density at radius 3 is 2.53 bits per heavy atom. The summed E-state index contributed by atoms with van der Waals surface area (Å²) in [7, 11) is 0. The third-order valence-electron chi connectivity index (χ3n) is 7.87. The molecule has 0 aromatic heterocycles. The maximum Gasteiger partial charge on any atom is 0.201 e. The lowest BCUT2D eigenvalue weighted by atomic mass is 9.63. The smallest absolute Gasteiger partial charge is 0.201 e. The summed E-state index contributed by atoms with van der Waals surface area (Å²) < 4.78 is 49.7. The zero-order valence-corrected chi connectivity index (χ0v) is 20.0. The molecule has 34 heavy (non-hydrogen) atoms. The number of fused-ring (bicyclic) bond motifs is 1. The molecule has 2 saturated carbocycles. The molecule has 2 aliphatic carbocycles. The molecule has 182 valence electrons. The van der Waals surface area contributed by atoms with Crippen molar-refractivity contribution in [1.29, 1.82) is 0 Å². The van der Waals surface area contributed by atoms with Crippen LogP contribution in [0, 0.1) is 35.2 Å². The van der Waals surface area contributed by atoms with E-state index in [1.807, 2.05) is 13.0 Å². The van der Waals surface area contributed by atoms with Crippen molar-refractivity contribution >= 4 is 0 Å². The molecule has 2 aromatic carbocycles. The summed E-state index contributed by atoms with van der Waals surface area (Å²) in [6.45, 7) is 5.83. The second kappa shape index (κ2) is 11.3. The molecular formula is C30H35F3O. The Kier molecular flexibility index (Phi) is 8.18. The zero-order valence-electron chi connectivity index (χ0n) is 20.0. The Morgan fingerprint density at radius 2 is 1.76 bits per heavy atom.